The standard InChI is InChI=1S/C18H14F4N4O/c1-10-3-5-11(6-4-10)17(27)24-15-8-7-12(16(19)23-15)13-9-14(18(20,21)22)25-26(13)2/h3-9H,1-2H3,(H,23,24,27). The zero-order valence-electron chi connectivity index (χ0n) is 14.3. The molecule has 2 aromatic heterocycles. The van der Waals surface area contributed by atoms with Crippen LogP contribution < -0.4 is 5.32 Å². The van der Waals surface area contributed by atoms with E-state index in [1.165, 1.54) is 19.2 Å². The van der Waals surface area contributed by atoms with E-state index >= 15 is 0 Å². The molecule has 0 fully saturated rings. The molecule has 0 spiro atoms. The van der Waals surface area contributed by atoms with Crippen molar-refractivity contribution < 1.29 is 22.4 Å². The molecule has 0 saturated carbocycles. The van der Waals surface area contributed by atoms with Gasteiger partial charge in [-0.15, -0.1) is 0 Å². The van der Waals surface area contributed by atoms with Gasteiger partial charge in [0.2, 0.25) is 5.95 Å². The summed E-state index contributed by atoms with van der Waals surface area (Å²) in [6.45, 7) is 1.87. The summed E-state index contributed by atoms with van der Waals surface area (Å²) in [4.78, 5) is 15.8. The third kappa shape index (κ3) is 3.97. The lowest BCUT2D eigenvalue weighted by atomic mass is 10.1. The summed E-state index contributed by atoms with van der Waals surface area (Å²) in [5, 5.41) is 5.79. The number of halogens is 4. The molecule has 0 unspecified atom stereocenters. The van der Waals surface area contributed by atoms with Crippen LogP contribution in [0.25, 0.3) is 11.3 Å². The van der Waals surface area contributed by atoms with Crippen molar-refractivity contribution in [3.8, 4) is 11.3 Å². The minimum Gasteiger partial charge on any atom is -0.306 e. The predicted molar refractivity (Wildman–Crippen MR) is 90.5 cm³/mol. The number of aromatic nitrogens is 3. The minimum atomic E-state index is -4.64. The Morgan fingerprint density at radius 3 is 2.33 bits per heavy atom. The van der Waals surface area contributed by atoms with E-state index in [0.29, 0.717) is 5.56 Å². The summed E-state index contributed by atoms with van der Waals surface area (Å²) in [7, 11) is 1.27. The maximum Gasteiger partial charge on any atom is 0.435 e. The molecule has 0 atom stereocenters. The van der Waals surface area contributed by atoms with Crippen molar-refractivity contribution in [2.24, 2.45) is 7.05 Å². The first-order valence-electron chi connectivity index (χ1n) is 7.81. The number of alkyl halides is 3. The van der Waals surface area contributed by atoms with Gasteiger partial charge in [-0.05, 0) is 37.3 Å². The van der Waals surface area contributed by atoms with Gasteiger partial charge in [-0.25, -0.2) is 4.98 Å². The molecule has 0 aliphatic carbocycles. The monoisotopic (exact) mass is 378 g/mol. The van der Waals surface area contributed by atoms with E-state index in [2.05, 4.69) is 15.4 Å². The fraction of sp³-hybridized carbons (Fsp3) is 0.167. The molecule has 0 bridgehead atoms. The van der Waals surface area contributed by atoms with Crippen molar-refractivity contribution in [3.63, 3.8) is 0 Å². The first-order valence-corrected chi connectivity index (χ1v) is 7.81. The Hall–Kier alpha value is -3.23. The molecular weight excluding hydrogens is 364 g/mol. The van der Waals surface area contributed by atoms with Crippen LogP contribution in [-0.2, 0) is 13.2 Å². The number of carbonyl (C=O) groups is 1. The molecule has 1 amide bonds. The van der Waals surface area contributed by atoms with Crippen LogP contribution >= 0.6 is 0 Å². The number of hydrogen-bond donors (Lipinski definition) is 1. The van der Waals surface area contributed by atoms with E-state index in [0.717, 1.165) is 16.3 Å². The highest BCUT2D eigenvalue weighted by Crippen LogP contribution is 2.32. The largest absolute Gasteiger partial charge is 0.435 e. The van der Waals surface area contributed by atoms with Crippen molar-refractivity contribution in [3.05, 3.63) is 65.2 Å². The average Bonchev–Trinajstić information content (AvgIpc) is 2.97. The van der Waals surface area contributed by atoms with Crippen LogP contribution in [0.5, 0.6) is 0 Å². The Bertz CT molecular complexity index is 994. The zero-order valence-corrected chi connectivity index (χ0v) is 14.3. The highest BCUT2D eigenvalue weighted by Gasteiger charge is 2.35. The van der Waals surface area contributed by atoms with Crippen molar-refractivity contribution >= 4 is 11.7 Å². The lowest BCUT2D eigenvalue weighted by Crippen LogP contribution is -2.13. The maximum absolute atomic E-state index is 14.3. The van der Waals surface area contributed by atoms with E-state index < -0.39 is 23.7 Å². The SMILES string of the molecule is Cc1ccc(C(=O)Nc2ccc(-c3cc(C(F)(F)F)nn3C)c(F)n2)cc1. The van der Waals surface area contributed by atoms with Crippen LogP contribution in [0.1, 0.15) is 21.6 Å². The van der Waals surface area contributed by atoms with Crippen LogP contribution in [0.15, 0.2) is 42.5 Å². The number of aryl methyl sites for hydroxylation is 2. The molecular formula is C18H14F4N4O. The number of benzene rings is 1. The number of hydrogen-bond acceptors (Lipinski definition) is 3. The van der Waals surface area contributed by atoms with Crippen LogP contribution in [0, 0.1) is 12.9 Å². The van der Waals surface area contributed by atoms with E-state index in [1.807, 2.05) is 6.92 Å². The van der Waals surface area contributed by atoms with Gasteiger partial charge in [-0.2, -0.15) is 22.7 Å². The minimum absolute atomic E-state index is 0.0555. The normalized spacial score (nSPS) is 11.5. The Balaban J connectivity index is 1.85. The fourth-order valence-electron chi connectivity index (χ4n) is 2.45. The molecule has 0 aliphatic heterocycles. The first kappa shape index (κ1) is 18.6. The molecule has 9 heteroatoms. The van der Waals surface area contributed by atoms with Crippen molar-refractivity contribution in [2.75, 3.05) is 5.32 Å². The molecule has 5 nitrogen and oxygen atoms in total. The lowest BCUT2D eigenvalue weighted by Gasteiger charge is -2.07. The molecule has 0 aliphatic rings. The number of nitrogens with one attached hydrogen (secondary N) is 1. The maximum atomic E-state index is 14.3. The number of anilines is 1. The summed E-state index contributed by atoms with van der Waals surface area (Å²) < 4.78 is 53.5. The number of pyridine rings is 1. The number of nitrogens with zero attached hydrogens (tertiary/aromatic N) is 3. The molecule has 3 aromatic rings. The fourth-order valence-corrected chi connectivity index (χ4v) is 2.45. The lowest BCUT2D eigenvalue weighted by molar-refractivity contribution is -0.141. The Labute approximate surface area is 151 Å². The molecule has 0 saturated heterocycles. The Morgan fingerprint density at radius 2 is 1.78 bits per heavy atom. The summed E-state index contributed by atoms with van der Waals surface area (Å²) in [5.74, 6) is -1.55. The van der Waals surface area contributed by atoms with Crippen molar-refractivity contribution in [2.45, 2.75) is 13.1 Å². The van der Waals surface area contributed by atoms with Gasteiger partial charge in [-0.3, -0.25) is 9.48 Å². The van der Waals surface area contributed by atoms with Gasteiger partial charge in [0.05, 0.1) is 11.3 Å². The topological polar surface area (TPSA) is 59.8 Å². The quantitative estimate of drug-likeness (QED) is 0.549. The number of amides is 1. The smallest absolute Gasteiger partial charge is 0.306 e. The summed E-state index contributed by atoms with van der Waals surface area (Å²) in [6.07, 6.45) is -4.64. The van der Waals surface area contributed by atoms with Gasteiger partial charge < -0.3 is 5.32 Å². The van der Waals surface area contributed by atoms with Gasteiger partial charge in [-0.1, -0.05) is 17.7 Å². The number of carbonyl (C=O) groups excluding carboxylic acids is 1. The Morgan fingerprint density at radius 1 is 1.11 bits per heavy atom. The summed E-state index contributed by atoms with van der Waals surface area (Å²) >= 11 is 0. The van der Waals surface area contributed by atoms with E-state index in [-0.39, 0.29) is 17.1 Å². The van der Waals surface area contributed by atoms with E-state index in [4.69, 9.17) is 0 Å². The van der Waals surface area contributed by atoms with Gasteiger partial charge in [0, 0.05) is 12.6 Å². The second kappa shape index (κ2) is 6.82. The molecule has 2 heterocycles. The third-order valence-electron chi connectivity index (χ3n) is 3.85. The van der Waals surface area contributed by atoms with E-state index in [1.54, 1.807) is 24.3 Å². The van der Waals surface area contributed by atoms with Crippen molar-refractivity contribution in [1.29, 1.82) is 0 Å². The molecule has 1 N–H and O–H groups in total. The van der Waals surface area contributed by atoms with Crippen LogP contribution in [0.4, 0.5) is 23.4 Å². The molecule has 0 radical (unpaired) electrons. The molecule has 3 rings (SSSR count). The van der Waals surface area contributed by atoms with Crippen molar-refractivity contribution in [1.82, 2.24) is 14.8 Å². The second-order valence-electron chi connectivity index (χ2n) is 5.89. The van der Waals surface area contributed by atoms with Gasteiger partial charge in [0.1, 0.15) is 5.82 Å². The molecule has 1 aromatic carbocycles. The highest BCUT2D eigenvalue weighted by molar-refractivity contribution is 6.03. The Kier molecular flexibility index (Phi) is 4.69. The molecule has 140 valence electrons. The summed E-state index contributed by atoms with van der Waals surface area (Å²) in [5.41, 5.74) is -0.0171. The first-order chi connectivity index (χ1) is 12.6. The van der Waals surface area contributed by atoms with Crippen LogP contribution in [-0.4, -0.2) is 20.7 Å². The highest BCUT2D eigenvalue weighted by atomic mass is 19.4. The van der Waals surface area contributed by atoms with Crippen LogP contribution in [0.3, 0.4) is 0 Å². The van der Waals surface area contributed by atoms with Crippen LogP contribution in [0.2, 0.25) is 0 Å². The van der Waals surface area contributed by atoms with Gasteiger partial charge in [0.15, 0.2) is 5.69 Å². The number of rotatable bonds is 3. The van der Waals surface area contributed by atoms with Gasteiger partial charge in [0.25, 0.3) is 5.91 Å². The molecule has 27 heavy (non-hydrogen) atoms. The third-order valence-corrected chi connectivity index (χ3v) is 3.85. The second-order valence-corrected chi connectivity index (χ2v) is 5.89. The average molecular weight is 378 g/mol. The zero-order chi connectivity index (χ0) is 19.8. The predicted octanol–water partition coefficient (Wildman–Crippen LogP) is 4.20. The summed E-state index contributed by atoms with van der Waals surface area (Å²) in [6, 6.07) is 10.0. The van der Waals surface area contributed by atoms with E-state index in [9.17, 15) is 22.4 Å². The van der Waals surface area contributed by atoms with Gasteiger partial charge >= 0.3 is 6.18 Å².